The van der Waals surface area contributed by atoms with Crippen LogP contribution >= 0.6 is 35.2 Å². The van der Waals surface area contributed by atoms with Crippen LogP contribution in [0.1, 0.15) is 45.8 Å². The second kappa shape index (κ2) is 9.08. The molecule has 3 heterocycles. The van der Waals surface area contributed by atoms with Gasteiger partial charge in [-0.3, -0.25) is 19.8 Å². The third-order valence-electron chi connectivity index (χ3n) is 6.41. The Bertz CT molecular complexity index is 1490. The molecule has 2 aliphatic rings. The highest BCUT2D eigenvalue weighted by Gasteiger charge is 2.35. The first-order valence-corrected chi connectivity index (χ1v) is 12.8. The molecule has 0 radical (unpaired) electrons. The monoisotopic (exact) mass is 520 g/mol. The fourth-order valence-electron chi connectivity index (χ4n) is 4.73. The number of nitrogens with zero attached hydrogens (tertiary/aromatic N) is 3. The molecule has 9 heteroatoms. The van der Waals surface area contributed by atoms with Crippen molar-refractivity contribution >= 4 is 63.8 Å². The molecule has 35 heavy (non-hydrogen) atoms. The summed E-state index contributed by atoms with van der Waals surface area (Å²) in [4.78, 5) is 28.7. The average Bonchev–Trinajstić information content (AvgIpc) is 3.32. The van der Waals surface area contributed by atoms with Crippen LogP contribution in [0.3, 0.4) is 0 Å². The molecule has 5 rings (SSSR count). The molecule has 1 aliphatic heterocycles. The smallest absolute Gasteiger partial charge is 0.270 e. The lowest BCUT2D eigenvalue weighted by Crippen LogP contribution is -2.54. The van der Waals surface area contributed by atoms with Gasteiger partial charge in [0.15, 0.2) is 5.11 Å². The summed E-state index contributed by atoms with van der Waals surface area (Å²) >= 11 is 13.0. The second-order valence-electron chi connectivity index (χ2n) is 8.60. The van der Waals surface area contributed by atoms with E-state index in [4.69, 9.17) is 23.8 Å². The van der Waals surface area contributed by atoms with Crippen LogP contribution in [0.15, 0.2) is 35.9 Å². The molecular weight excluding hydrogens is 500 g/mol. The van der Waals surface area contributed by atoms with E-state index < -0.39 is 11.8 Å². The van der Waals surface area contributed by atoms with Gasteiger partial charge in [0.25, 0.3) is 11.8 Å². The van der Waals surface area contributed by atoms with E-state index in [9.17, 15) is 14.9 Å². The molecule has 1 aromatic carbocycles. The molecule has 1 fully saturated rings. The molecule has 1 aliphatic carbocycles. The van der Waals surface area contributed by atoms with Crippen molar-refractivity contribution in [2.24, 2.45) is 0 Å². The molecule has 0 bridgehead atoms. The van der Waals surface area contributed by atoms with Crippen molar-refractivity contribution in [3.8, 4) is 11.1 Å². The van der Waals surface area contributed by atoms with Gasteiger partial charge in [0, 0.05) is 21.3 Å². The Balaban J connectivity index is 1.58. The normalized spacial score (nSPS) is 16.9. The molecule has 0 atom stereocenters. The first-order chi connectivity index (χ1) is 16.8. The molecule has 2 aromatic heterocycles. The Morgan fingerprint density at radius 1 is 1.20 bits per heavy atom. The minimum atomic E-state index is -0.549. The van der Waals surface area contributed by atoms with Gasteiger partial charge >= 0.3 is 0 Å². The number of anilines is 1. The number of carbonyl (C=O) groups excluding carboxylic acids is 2. The molecule has 3 aromatic rings. The van der Waals surface area contributed by atoms with E-state index in [0.29, 0.717) is 10.7 Å². The number of hydrogen-bond donors (Lipinski definition) is 1. The summed E-state index contributed by atoms with van der Waals surface area (Å²) in [5.41, 5.74) is 4.86. The van der Waals surface area contributed by atoms with Gasteiger partial charge in [-0.1, -0.05) is 17.7 Å². The summed E-state index contributed by atoms with van der Waals surface area (Å²) in [7, 11) is 0. The summed E-state index contributed by atoms with van der Waals surface area (Å²) < 4.78 is 2.05. The molecule has 0 unspecified atom stereocenters. The van der Waals surface area contributed by atoms with E-state index in [1.54, 1.807) is 41.7 Å². The molecule has 1 saturated heterocycles. The lowest BCUT2D eigenvalue weighted by Gasteiger charge is -2.29. The Labute approximate surface area is 217 Å². The molecule has 2 amide bonds. The predicted molar refractivity (Wildman–Crippen MR) is 142 cm³/mol. The van der Waals surface area contributed by atoms with E-state index in [-0.39, 0.29) is 10.7 Å². The first-order valence-electron chi connectivity index (χ1n) is 11.2. The number of fused-ring (bicyclic) bond motifs is 1. The van der Waals surface area contributed by atoms with Gasteiger partial charge in [-0.25, -0.2) is 0 Å². The van der Waals surface area contributed by atoms with Crippen LogP contribution in [-0.2, 0) is 22.4 Å². The maximum absolute atomic E-state index is 13.4. The number of rotatable bonds is 3. The van der Waals surface area contributed by atoms with Crippen LogP contribution in [-0.4, -0.2) is 21.5 Å². The van der Waals surface area contributed by atoms with Gasteiger partial charge in [-0.05, 0) is 93.2 Å². The number of carbonyl (C=O) groups is 2. The largest absolute Gasteiger partial charge is 0.308 e. The Kier molecular flexibility index (Phi) is 6.09. The van der Waals surface area contributed by atoms with Crippen LogP contribution in [0.5, 0.6) is 0 Å². The second-order valence-corrected chi connectivity index (χ2v) is 10.5. The van der Waals surface area contributed by atoms with E-state index in [0.717, 1.165) is 53.2 Å². The van der Waals surface area contributed by atoms with E-state index in [2.05, 4.69) is 16.0 Å². The molecule has 0 spiro atoms. The highest BCUT2D eigenvalue weighted by atomic mass is 35.5. The predicted octanol–water partition coefficient (Wildman–Crippen LogP) is 5.39. The zero-order valence-corrected chi connectivity index (χ0v) is 21.5. The van der Waals surface area contributed by atoms with Gasteiger partial charge in [-0.15, -0.1) is 11.3 Å². The number of hydrogen-bond acceptors (Lipinski definition) is 5. The summed E-state index contributed by atoms with van der Waals surface area (Å²) in [6, 6.07) is 11.1. The lowest BCUT2D eigenvalue weighted by molar-refractivity contribution is -0.122. The number of halogens is 1. The topological polar surface area (TPSA) is 78.1 Å². The lowest BCUT2D eigenvalue weighted by atomic mass is 9.96. The number of amides is 2. The number of thiophene rings is 1. The average molecular weight is 521 g/mol. The van der Waals surface area contributed by atoms with Crippen molar-refractivity contribution < 1.29 is 9.59 Å². The third-order valence-corrected chi connectivity index (χ3v) is 8.20. The van der Waals surface area contributed by atoms with Crippen molar-refractivity contribution in [1.82, 2.24) is 9.88 Å². The summed E-state index contributed by atoms with van der Waals surface area (Å²) in [5.74, 6) is -1.07. The van der Waals surface area contributed by atoms with Crippen molar-refractivity contribution in [1.29, 1.82) is 5.26 Å². The number of aryl methyl sites for hydroxylation is 2. The van der Waals surface area contributed by atoms with Crippen LogP contribution in [0.4, 0.5) is 5.69 Å². The van der Waals surface area contributed by atoms with Crippen molar-refractivity contribution in [2.75, 3.05) is 4.90 Å². The van der Waals surface area contributed by atoms with Crippen LogP contribution in [0.2, 0.25) is 5.02 Å². The number of nitriles is 1. The maximum Gasteiger partial charge on any atom is 0.270 e. The van der Waals surface area contributed by atoms with Crippen LogP contribution < -0.4 is 10.2 Å². The van der Waals surface area contributed by atoms with E-state index in [1.807, 2.05) is 19.9 Å². The van der Waals surface area contributed by atoms with Gasteiger partial charge in [0.2, 0.25) is 0 Å². The Morgan fingerprint density at radius 2 is 1.97 bits per heavy atom. The summed E-state index contributed by atoms with van der Waals surface area (Å²) in [6.45, 7) is 3.90. The molecule has 176 valence electrons. The summed E-state index contributed by atoms with van der Waals surface area (Å²) in [5, 5.41) is 13.9. The standard InChI is InChI=1S/C26H21ClN4O2S2/c1-14-10-16(15(2)30(14)25-21(13-28)19-8-3-4-9-22(19)35-25)11-20-23(32)29-26(34)31(24(20)33)18-7-5-6-17(27)12-18/h5-7,10-12H,3-4,8-9H2,1-2H3,(H,29,32,34)/b20-11+. The van der Waals surface area contributed by atoms with Gasteiger partial charge in [0.1, 0.15) is 16.6 Å². The molecule has 1 N–H and O–H groups in total. The van der Waals surface area contributed by atoms with Crippen molar-refractivity contribution in [2.45, 2.75) is 39.5 Å². The van der Waals surface area contributed by atoms with Crippen molar-refractivity contribution in [3.63, 3.8) is 0 Å². The molecule has 6 nitrogen and oxygen atoms in total. The first kappa shape index (κ1) is 23.5. The zero-order chi connectivity index (χ0) is 24.9. The Morgan fingerprint density at radius 3 is 2.71 bits per heavy atom. The van der Waals surface area contributed by atoms with E-state index in [1.165, 1.54) is 15.3 Å². The number of nitrogens with one attached hydrogen (secondary N) is 1. The minimum Gasteiger partial charge on any atom is -0.308 e. The SMILES string of the molecule is Cc1cc(/C=C2\C(=O)NC(=S)N(c3cccc(Cl)c3)C2=O)c(C)n1-c1sc2c(c1C#N)CCCC2. The quantitative estimate of drug-likeness (QED) is 0.285. The van der Waals surface area contributed by atoms with Crippen molar-refractivity contribution in [3.05, 3.63) is 73.9 Å². The fourth-order valence-corrected chi connectivity index (χ4v) is 6.65. The van der Waals surface area contributed by atoms with Gasteiger partial charge in [-0.2, -0.15) is 5.26 Å². The van der Waals surface area contributed by atoms with Gasteiger partial charge < -0.3 is 4.57 Å². The van der Waals surface area contributed by atoms with Gasteiger partial charge in [0.05, 0.1) is 11.3 Å². The molecule has 0 saturated carbocycles. The number of thiocarbonyl (C=S) groups is 1. The minimum absolute atomic E-state index is 0.00715. The van der Waals surface area contributed by atoms with E-state index >= 15 is 0 Å². The summed E-state index contributed by atoms with van der Waals surface area (Å²) in [6.07, 6.45) is 5.76. The zero-order valence-electron chi connectivity index (χ0n) is 19.1. The fraction of sp³-hybridized carbons (Fsp3) is 0.231. The van der Waals surface area contributed by atoms with Crippen LogP contribution in [0.25, 0.3) is 11.1 Å². The highest BCUT2D eigenvalue weighted by Crippen LogP contribution is 2.38. The van der Waals surface area contributed by atoms with Crippen LogP contribution in [0, 0.1) is 25.2 Å². The third kappa shape index (κ3) is 4.00. The Hall–Kier alpha value is -3.25. The maximum atomic E-state index is 13.4. The molecular formula is C26H21ClN4O2S2. The number of benzene rings is 1. The highest BCUT2D eigenvalue weighted by molar-refractivity contribution is 7.80. The number of aromatic nitrogens is 1.